The molecule has 3 N–H and O–H groups in total. The largest absolute Gasteiger partial charge is 0.507 e. The number of rotatable bonds is 1. The van der Waals surface area contributed by atoms with Crippen molar-refractivity contribution < 1.29 is 19.4 Å². The number of para-hydroxylation sites is 1. The summed E-state index contributed by atoms with van der Waals surface area (Å²) >= 11 is 0. The number of hydrogen-bond donors (Lipinski definition) is 2. The van der Waals surface area contributed by atoms with E-state index in [1.54, 1.807) is 31.3 Å². The molecule has 0 aromatic heterocycles. The standard InChI is InChI=1S/C20H15N3O4/c1-10(24)11-7-8-15-16(17(11)25)20(13(9-21)18(22)27-15)12-5-3-4-6-14(12)23(2)19(20)26/h3-8,25H,22H2,1-2H3. The molecule has 0 saturated heterocycles. The summed E-state index contributed by atoms with van der Waals surface area (Å²) in [7, 11) is 1.59. The first kappa shape index (κ1) is 16.7. The molecule has 27 heavy (non-hydrogen) atoms. The first-order chi connectivity index (χ1) is 12.9. The number of phenolic OH excluding ortho intramolecular Hbond substituents is 1. The van der Waals surface area contributed by atoms with Crippen molar-refractivity contribution in [3.8, 4) is 17.6 Å². The average Bonchev–Trinajstić information content (AvgIpc) is 2.85. The van der Waals surface area contributed by atoms with Crippen LogP contribution in [0.2, 0.25) is 0 Å². The highest BCUT2D eigenvalue weighted by Gasteiger charge is 2.59. The Kier molecular flexibility index (Phi) is 3.30. The third kappa shape index (κ3) is 1.84. The minimum Gasteiger partial charge on any atom is -0.507 e. The van der Waals surface area contributed by atoms with Crippen LogP contribution in [-0.4, -0.2) is 23.8 Å². The van der Waals surface area contributed by atoms with Crippen molar-refractivity contribution in [2.45, 2.75) is 12.3 Å². The molecular formula is C20H15N3O4. The smallest absolute Gasteiger partial charge is 0.247 e. The Hall–Kier alpha value is -3.79. The zero-order valence-electron chi connectivity index (χ0n) is 14.6. The Bertz CT molecular complexity index is 1110. The molecule has 1 spiro atoms. The van der Waals surface area contributed by atoms with E-state index in [0.29, 0.717) is 11.3 Å². The first-order valence-corrected chi connectivity index (χ1v) is 8.18. The third-order valence-corrected chi connectivity index (χ3v) is 5.14. The van der Waals surface area contributed by atoms with E-state index >= 15 is 0 Å². The van der Waals surface area contributed by atoms with Gasteiger partial charge in [0, 0.05) is 18.3 Å². The van der Waals surface area contributed by atoms with Crippen molar-refractivity contribution in [1.29, 1.82) is 5.26 Å². The predicted molar refractivity (Wildman–Crippen MR) is 96.2 cm³/mol. The lowest BCUT2D eigenvalue weighted by atomic mass is 9.68. The Morgan fingerprint density at radius 1 is 1.30 bits per heavy atom. The summed E-state index contributed by atoms with van der Waals surface area (Å²) in [6.07, 6.45) is 0. The number of Topliss-reactive ketones (excluding diaryl/α,β-unsaturated/α-hetero) is 1. The second kappa shape index (κ2) is 5.35. The minimum absolute atomic E-state index is 0.0364. The molecule has 0 radical (unpaired) electrons. The molecule has 134 valence electrons. The van der Waals surface area contributed by atoms with Gasteiger partial charge in [-0.3, -0.25) is 9.59 Å². The summed E-state index contributed by atoms with van der Waals surface area (Å²) in [6.45, 7) is 1.31. The van der Waals surface area contributed by atoms with Crippen molar-refractivity contribution in [3.63, 3.8) is 0 Å². The van der Waals surface area contributed by atoms with E-state index in [4.69, 9.17) is 10.5 Å². The van der Waals surface area contributed by atoms with Crippen LogP contribution in [0.25, 0.3) is 0 Å². The number of benzene rings is 2. The van der Waals surface area contributed by atoms with Gasteiger partial charge in [-0.1, -0.05) is 18.2 Å². The fourth-order valence-corrected chi connectivity index (χ4v) is 3.97. The van der Waals surface area contributed by atoms with Gasteiger partial charge < -0.3 is 20.5 Å². The number of nitriles is 1. The number of nitrogens with zero attached hydrogens (tertiary/aromatic N) is 2. The molecule has 1 amide bonds. The molecule has 2 aliphatic heterocycles. The number of amides is 1. The quantitative estimate of drug-likeness (QED) is 0.750. The molecule has 2 aromatic rings. The van der Waals surface area contributed by atoms with Gasteiger partial charge in [-0.2, -0.15) is 5.26 Å². The summed E-state index contributed by atoms with van der Waals surface area (Å²) < 4.78 is 5.53. The maximum atomic E-state index is 13.5. The van der Waals surface area contributed by atoms with E-state index < -0.39 is 17.1 Å². The topological polar surface area (TPSA) is 117 Å². The monoisotopic (exact) mass is 361 g/mol. The predicted octanol–water partition coefficient (Wildman–Crippen LogP) is 1.94. The van der Waals surface area contributed by atoms with E-state index in [1.807, 2.05) is 6.07 Å². The SMILES string of the molecule is CC(=O)c1ccc2c(c1O)C1(C(=O)N(C)c3ccccc31)C(C#N)=C(N)O2. The number of aromatic hydroxyl groups is 1. The minimum atomic E-state index is -1.67. The second-order valence-electron chi connectivity index (χ2n) is 6.48. The van der Waals surface area contributed by atoms with Gasteiger partial charge in [-0.25, -0.2) is 0 Å². The van der Waals surface area contributed by atoms with Crippen molar-refractivity contribution in [3.05, 3.63) is 64.5 Å². The third-order valence-electron chi connectivity index (χ3n) is 5.14. The lowest BCUT2D eigenvalue weighted by Crippen LogP contribution is -2.45. The molecule has 7 heteroatoms. The lowest BCUT2D eigenvalue weighted by molar-refractivity contribution is -0.120. The Labute approximate surface area is 154 Å². The molecule has 1 unspecified atom stereocenters. The van der Waals surface area contributed by atoms with Gasteiger partial charge in [0.15, 0.2) is 5.78 Å². The number of hydrogen-bond acceptors (Lipinski definition) is 6. The fourth-order valence-electron chi connectivity index (χ4n) is 3.97. The molecule has 2 aromatic carbocycles. The van der Waals surface area contributed by atoms with Gasteiger partial charge in [-0.05, 0) is 25.1 Å². The number of carbonyl (C=O) groups is 2. The summed E-state index contributed by atoms with van der Waals surface area (Å²) in [5.41, 5.74) is 5.37. The lowest BCUT2D eigenvalue weighted by Gasteiger charge is -2.35. The van der Waals surface area contributed by atoms with Crippen molar-refractivity contribution >= 4 is 17.4 Å². The molecular weight excluding hydrogens is 346 g/mol. The normalized spacial score (nSPS) is 20.2. The van der Waals surface area contributed by atoms with E-state index in [0.717, 1.165) is 0 Å². The highest BCUT2D eigenvalue weighted by molar-refractivity contribution is 6.15. The van der Waals surface area contributed by atoms with Crippen LogP contribution in [0.4, 0.5) is 5.69 Å². The Morgan fingerprint density at radius 2 is 2.00 bits per heavy atom. The van der Waals surface area contributed by atoms with Crippen molar-refractivity contribution in [2.24, 2.45) is 5.73 Å². The van der Waals surface area contributed by atoms with Crippen LogP contribution in [0, 0.1) is 11.3 Å². The van der Waals surface area contributed by atoms with Crippen molar-refractivity contribution in [1.82, 2.24) is 0 Å². The molecule has 4 rings (SSSR count). The zero-order valence-corrected chi connectivity index (χ0v) is 14.6. The molecule has 2 heterocycles. The molecule has 0 bridgehead atoms. The number of anilines is 1. The van der Waals surface area contributed by atoms with Gasteiger partial charge in [0.1, 0.15) is 28.6 Å². The zero-order chi connectivity index (χ0) is 19.5. The highest BCUT2D eigenvalue weighted by atomic mass is 16.5. The maximum absolute atomic E-state index is 13.5. The van der Waals surface area contributed by atoms with E-state index in [1.165, 1.54) is 24.0 Å². The van der Waals surface area contributed by atoms with Crippen molar-refractivity contribution in [2.75, 3.05) is 11.9 Å². The molecule has 0 saturated carbocycles. The number of ketones is 1. The van der Waals surface area contributed by atoms with E-state index in [-0.39, 0.29) is 34.1 Å². The molecule has 1 atom stereocenters. The number of likely N-dealkylation sites (N-methyl/N-ethyl adjacent to an activating group) is 1. The fraction of sp³-hybridized carbons (Fsp3) is 0.150. The number of phenols is 1. The average molecular weight is 361 g/mol. The van der Waals surface area contributed by atoms with E-state index in [2.05, 4.69) is 0 Å². The summed E-state index contributed by atoms with van der Waals surface area (Å²) in [5.74, 6) is -1.30. The van der Waals surface area contributed by atoms with Crippen LogP contribution in [-0.2, 0) is 10.2 Å². The van der Waals surface area contributed by atoms with Gasteiger partial charge in [0.05, 0.1) is 11.1 Å². The van der Waals surface area contributed by atoms with E-state index in [9.17, 15) is 20.0 Å². The number of carbonyl (C=O) groups excluding carboxylic acids is 2. The van der Waals surface area contributed by atoms with Crippen LogP contribution < -0.4 is 15.4 Å². The Morgan fingerprint density at radius 3 is 2.67 bits per heavy atom. The van der Waals surface area contributed by atoms with Crippen LogP contribution in [0.3, 0.4) is 0 Å². The van der Waals surface area contributed by atoms with Gasteiger partial charge in [-0.15, -0.1) is 0 Å². The Balaban J connectivity index is 2.22. The van der Waals surface area contributed by atoms with Crippen LogP contribution >= 0.6 is 0 Å². The summed E-state index contributed by atoms with van der Waals surface area (Å²) in [4.78, 5) is 26.9. The van der Waals surface area contributed by atoms with Crippen LogP contribution in [0.1, 0.15) is 28.4 Å². The number of fused-ring (bicyclic) bond motifs is 4. The van der Waals surface area contributed by atoms with Crippen LogP contribution in [0.5, 0.6) is 11.5 Å². The number of ether oxygens (including phenoxy) is 1. The second-order valence-corrected chi connectivity index (χ2v) is 6.48. The highest BCUT2D eigenvalue weighted by Crippen LogP contribution is 2.57. The van der Waals surface area contributed by atoms with Crippen LogP contribution in [0.15, 0.2) is 47.9 Å². The molecule has 2 aliphatic rings. The maximum Gasteiger partial charge on any atom is 0.247 e. The van der Waals surface area contributed by atoms with Gasteiger partial charge in [0.25, 0.3) is 0 Å². The molecule has 7 nitrogen and oxygen atoms in total. The molecule has 0 fully saturated rings. The number of nitrogens with two attached hydrogens (primary N) is 1. The van der Waals surface area contributed by atoms with Gasteiger partial charge >= 0.3 is 0 Å². The first-order valence-electron chi connectivity index (χ1n) is 8.18. The summed E-state index contributed by atoms with van der Waals surface area (Å²) in [5, 5.41) is 20.7. The molecule has 0 aliphatic carbocycles. The summed E-state index contributed by atoms with van der Waals surface area (Å²) in [6, 6.07) is 11.8. The van der Waals surface area contributed by atoms with Gasteiger partial charge in [0.2, 0.25) is 11.8 Å².